The van der Waals surface area contributed by atoms with E-state index >= 15 is 0 Å². The molecule has 5 nitrogen and oxygen atoms in total. The molecule has 0 aromatic heterocycles. The highest BCUT2D eigenvalue weighted by atomic mass is 16.6. The summed E-state index contributed by atoms with van der Waals surface area (Å²) in [7, 11) is 3.85. The molecular weight excluding hydrogens is 232 g/mol. The van der Waals surface area contributed by atoms with Gasteiger partial charge in [0.15, 0.2) is 0 Å². The summed E-state index contributed by atoms with van der Waals surface area (Å²) in [5.74, 6) is 0.266. The number of amides is 1. The highest BCUT2D eigenvalue weighted by Gasteiger charge is 2.28. The van der Waals surface area contributed by atoms with Crippen LogP contribution in [0.15, 0.2) is 12.0 Å². The average molecular weight is 254 g/mol. The summed E-state index contributed by atoms with van der Waals surface area (Å²) in [4.78, 5) is 14.0. The van der Waals surface area contributed by atoms with E-state index in [1.54, 1.807) is 4.90 Å². The van der Waals surface area contributed by atoms with Gasteiger partial charge >= 0.3 is 0 Å². The normalized spacial score (nSPS) is 27.8. The van der Waals surface area contributed by atoms with Crippen molar-refractivity contribution in [3.05, 3.63) is 12.0 Å². The molecule has 1 aliphatic heterocycles. The molecule has 0 atom stereocenters. The van der Waals surface area contributed by atoms with Crippen molar-refractivity contribution in [2.75, 3.05) is 27.3 Å². The molecule has 1 aliphatic carbocycles. The van der Waals surface area contributed by atoms with Gasteiger partial charge in [-0.3, -0.25) is 4.79 Å². The van der Waals surface area contributed by atoms with Gasteiger partial charge in [-0.2, -0.15) is 0 Å². The highest BCUT2D eigenvalue weighted by Crippen LogP contribution is 2.23. The summed E-state index contributed by atoms with van der Waals surface area (Å²) in [5.41, 5.74) is 0. The van der Waals surface area contributed by atoms with Crippen LogP contribution in [0.3, 0.4) is 0 Å². The smallest absolute Gasteiger partial charge is 0.292 e. The van der Waals surface area contributed by atoms with Crippen molar-refractivity contribution in [3.63, 3.8) is 0 Å². The largest absolute Gasteiger partial charge is 0.494 e. The summed E-state index contributed by atoms with van der Waals surface area (Å²) in [6.45, 7) is 0.978. The van der Waals surface area contributed by atoms with Crippen LogP contribution < -0.4 is 5.32 Å². The minimum absolute atomic E-state index is 0.0670. The number of carbonyl (C=O) groups is 1. The maximum Gasteiger partial charge on any atom is 0.292 e. The number of carbonyl (C=O) groups excluding carboxylic acids is 1. The van der Waals surface area contributed by atoms with Gasteiger partial charge in [-0.15, -0.1) is 0 Å². The van der Waals surface area contributed by atoms with E-state index in [1.165, 1.54) is 6.26 Å². The van der Waals surface area contributed by atoms with Gasteiger partial charge in [0.05, 0.1) is 0 Å². The summed E-state index contributed by atoms with van der Waals surface area (Å²) in [6, 6.07) is 0.909. The molecule has 18 heavy (non-hydrogen) atoms. The lowest BCUT2D eigenvalue weighted by molar-refractivity contribution is -0.133. The monoisotopic (exact) mass is 254 g/mol. The van der Waals surface area contributed by atoms with Crippen molar-refractivity contribution in [1.82, 2.24) is 10.2 Å². The van der Waals surface area contributed by atoms with Gasteiger partial charge < -0.3 is 19.7 Å². The lowest BCUT2D eigenvalue weighted by Crippen LogP contribution is -2.43. The molecule has 1 fully saturated rings. The third kappa shape index (κ3) is 2.96. The van der Waals surface area contributed by atoms with E-state index in [0.717, 1.165) is 25.7 Å². The van der Waals surface area contributed by atoms with E-state index in [4.69, 9.17) is 9.47 Å². The maximum absolute atomic E-state index is 12.2. The van der Waals surface area contributed by atoms with Crippen molar-refractivity contribution < 1.29 is 14.3 Å². The number of hydrogen-bond donors (Lipinski definition) is 1. The second kappa shape index (κ2) is 6.09. The molecule has 0 bridgehead atoms. The van der Waals surface area contributed by atoms with Crippen molar-refractivity contribution in [2.45, 2.75) is 37.8 Å². The van der Waals surface area contributed by atoms with Crippen molar-refractivity contribution in [1.29, 1.82) is 0 Å². The first-order chi connectivity index (χ1) is 8.72. The predicted octanol–water partition coefficient (Wildman–Crippen LogP) is 0.864. The molecule has 102 valence electrons. The summed E-state index contributed by atoms with van der Waals surface area (Å²) in [5, 5.41) is 3.30. The average Bonchev–Trinajstić information content (AvgIpc) is 2.47. The van der Waals surface area contributed by atoms with Crippen LogP contribution in [-0.4, -0.2) is 50.2 Å². The van der Waals surface area contributed by atoms with Crippen LogP contribution in [-0.2, 0) is 14.3 Å². The standard InChI is InChI=1S/C13H22N2O3/c1-14-10-3-5-11(6-4-10)15(2)13(16)12-9-17-7-8-18-12/h9-11,14H,3-8H2,1-2H3. The fraction of sp³-hybridized carbons (Fsp3) is 0.769. The van der Waals surface area contributed by atoms with Crippen LogP contribution in [0.2, 0.25) is 0 Å². The van der Waals surface area contributed by atoms with Gasteiger partial charge in [-0.05, 0) is 32.7 Å². The lowest BCUT2D eigenvalue weighted by atomic mass is 9.90. The number of nitrogens with zero attached hydrogens (tertiary/aromatic N) is 1. The summed E-state index contributed by atoms with van der Waals surface area (Å²) in [6.07, 6.45) is 5.76. The Morgan fingerprint density at radius 2 is 2.06 bits per heavy atom. The molecule has 1 amide bonds. The van der Waals surface area contributed by atoms with E-state index in [2.05, 4.69) is 5.32 Å². The molecule has 0 radical (unpaired) electrons. The van der Waals surface area contributed by atoms with Crippen molar-refractivity contribution >= 4 is 5.91 Å². The number of nitrogens with one attached hydrogen (secondary N) is 1. The predicted molar refractivity (Wildman–Crippen MR) is 67.9 cm³/mol. The molecule has 0 unspecified atom stereocenters. The third-order valence-corrected chi connectivity index (χ3v) is 3.83. The van der Waals surface area contributed by atoms with Gasteiger partial charge in [0, 0.05) is 19.1 Å². The zero-order valence-corrected chi connectivity index (χ0v) is 11.1. The Bertz CT molecular complexity index is 322. The second-order valence-electron chi connectivity index (χ2n) is 4.91. The zero-order valence-electron chi connectivity index (χ0n) is 11.1. The Labute approximate surface area is 108 Å². The molecule has 2 aliphatic rings. The van der Waals surface area contributed by atoms with Crippen LogP contribution in [0.1, 0.15) is 25.7 Å². The van der Waals surface area contributed by atoms with Crippen LogP contribution in [0.25, 0.3) is 0 Å². The third-order valence-electron chi connectivity index (χ3n) is 3.83. The van der Waals surface area contributed by atoms with Gasteiger partial charge in [0.1, 0.15) is 19.5 Å². The van der Waals surface area contributed by atoms with E-state index in [0.29, 0.717) is 31.1 Å². The SMILES string of the molecule is CNC1CCC(N(C)C(=O)C2=COCCO2)CC1. The molecule has 1 saturated carbocycles. The molecule has 0 saturated heterocycles. The Morgan fingerprint density at radius 3 is 2.61 bits per heavy atom. The molecule has 1 N–H and O–H groups in total. The number of ether oxygens (including phenoxy) is 2. The molecule has 0 aromatic rings. The fourth-order valence-electron chi connectivity index (χ4n) is 2.57. The van der Waals surface area contributed by atoms with Crippen LogP contribution in [0.4, 0.5) is 0 Å². The van der Waals surface area contributed by atoms with E-state index in [9.17, 15) is 4.79 Å². The molecule has 0 aromatic carbocycles. The van der Waals surface area contributed by atoms with E-state index in [-0.39, 0.29) is 5.91 Å². The molecule has 2 rings (SSSR count). The van der Waals surface area contributed by atoms with Gasteiger partial charge in [0.2, 0.25) is 5.76 Å². The first-order valence-corrected chi connectivity index (χ1v) is 6.61. The Hall–Kier alpha value is -1.23. The van der Waals surface area contributed by atoms with Crippen LogP contribution in [0, 0.1) is 0 Å². The zero-order chi connectivity index (χ0) is 13.0. The Kier molecular flexibility index (Phi) is 4.47. The van der Waals surface area contributed by atoms with Gasteiger partial charge in [-0.1, -0.05) is 0 Å². The first kappa shape index (κ1) is 13.2. The topological polar surface area (TPSA) is 50.8 Å². The van der Waals surface area contributed by atoms with E-state index < -0.39 is 0 Å². The van der Waals surface area contributed by atoms with E-state index in [1.807, 2.05) is 14.1 Å². The minimum Gasteiger partial charge on any atom is -0.494 e. The fourth-order valence-corrected chi connectivity index (χ4v) is 2.57. The first-order valence-electron chi connectivity index (χ1n) is 6.61. The number of likely N-dealkylation sites (N-methyl/N-ethyl adjacent to an activating group) is 1. The summed E-state index contributed by atoms with van der Waals surface area (Å²) < 4.78 is 10.5. The quantitative estimate of drug-likeness (QED) is 0.811. The second-order valence-corrected chi connectivity index (χ2v) is 4.91. The molecular formula is C13H22N2O3. The molecule has 5 heteroatoms. The van der Waals surface area contributed by atoms with Crippen LogP contribution >= 0.6 is 0 Å². The maximum atomic E-state index is 12.2. The van der Waals surface area contributed by atoms with Crippen LogP contribution in [0.5, 0.6) is 0 Å². The minimum atomic E-state index is -0.0670. The Morgan fingerprint density at radius 1 is 1.33 bits per heavy atom. The molecule has 0 spiro atoms. The van der Waals surface area contributed by atoms with Gasteiger partial charge in [0.25, 0.3) is 5.91 Å². The van der Waals surface area contributed by atoms with Gasteiger partial charge in [-0.25, -0.2) is 0 Å². The Balaban J connectivity index is 1.89. The number of hydrogen-bond acceptors (Lipinski definition) is 4. The summed E-state index contributed by atoms with van der Waals surface area (Å²) >= 11 is 0. The van der Waals surface area contributed by atoms with Crippen molar-refractivity contribution in [2.24, 2.45) is 0 Å². The van der Waals surface area contributed by atoms with Crippen molar-refractivity contribution in [3.8, 4) is 0 Å². The number of rotatable bonds is 3. The molecule has 1 heterocycles. The highest BCUT2D eigenvalue weighted by molar-refractivity contribution is 5.91. The lowest BCUT2D eigenvalue weighted by Gasteiger charge is -2.35.